The number of hydrogen-bond donors (Lipinski definition) is 0. The minimum Gasteiger partial charge on any atom is -0.454 e. The van der Waals surface area contributed by atoms with Crippen molar-refractivity contribution >= 4 is 17.8 Å². The fourth-order valence-electron chi connectivity index (χ4n) is 1.97. The molecule has 1 amide bonds. The summed E-state index contributed by atoms with van der Waals surface area (Å²) in [4.78, 5) is 36.5. The maximum Gasteiger partial charge on any atom is 0.413 e. The van der Waals surface area contributed by atoms with Crippen molar-refractivity contribution in [2.45, 2.75) is 26.3 Å². The van der Waals surface area contributed by atoms with Crippen LogP contribution in [0.5, 0.6) is 11.5 Å². The molecule has 1 unspecified atom stereocenters. The Balaban J connectivity index is 1.94. The van der Waals surface area contributed by atoms with Crippen molar-refractivity contribution in [2.75, 3.05) is 20.6 Å². The van der Waals surface area contributed by atoms with Gasteiger partial charge in [-0.3, -0.25) is 9.59 Å². The van der Waals surface area contributed by atoms with Gasteiger partial charge in [0.2, 0.25) is 13.6 Å². The molecule has 0 saturated heterocycles. The first-order chi connectivity index (χ1) is 11.4. The maximum atomic E-state index is 12.5. The van der Waals surface area contributed by atoms with E-state index in [-0.39, 0.29) is 19.0 Å². The van der Waals surface area contributed by atoms with Crippen LogP contribution < -0.4 is 9.47 Å². The van der Waals surface area contributed by atoms with Crippen molar-refractivity contribution in [3.05, 3.63) is 23.8 Å². The molecule has 0 fully saturated rings. The third kappa shape index (κ3) is 3.95. The lowest BCUT2D eigenvalue weighted by molar-refractivity contribution is -0.152. The summed E-state index contributed by atoms with van der Waals surface area (Å²) in [5.41, 5.74) is 0.392. The molecule has 1 atom stereocenters. The number of Topliss-reactive ketones (excluding diaryl/α,β-unsaturated/α-hetero) is 1. The van der Waals surface area contributed by atoms with Gasteiger partial charge < -0.3 is 23.8 Å². The Morgan fingerprint density at radius 3 is 2.62 bits per heavy atom. The topological polar surface area (TPSA) is 91.4 Å². The van der Waals surface area contributed by atoms with Crippen LogP contribution in [0.15, 0.2) is 18.2 Å². The van der Waals surface area contributed by atoms with E-state index in [1.807, 2.05) is 0 Å². The summed E-state index contributed by atoms with van der Waals surface area (Å²) in [6.07, 6.45) is -0.577. The van der Waals surface area contributed by atoms with Crippen LogP contribution in [-0.4, -0.2) is 49.4 Å². The highest BCUT2D eigenvalue weighted by molar-refractivity contribution is 6.01. The fraction of sp³-hybridized carbons (Fsp3) is 0.438. The monoisotopic (exact) mass is 337 g/mol. The standard InChI is InChI=1S/C16H19NO7/c1-4-14(18)23-9-24-16(20)17(3)10(2)15(19)11-5-6-12-13(7-11)22-8-21-12/h5-7,10H,4,8-9H2,1-3H3. The predicted molar refractivity (Wildman–Crippen MR) is 81.9 cm³/mol. The molecule has 0 aliphatic carbocycles. The van der Waals surface area contributed by atoms with E-state index in [9.17, 15) is 14.4 Å². The van der Waals surface area contributed by atoms with E-state index in [2.05, 4.69) is 4.74 Å². The predicted octanol–water partition coefficient (Wildman–Crippen LogP) is 1.97. The SMILES string of the molecule is CCC(=O)OCOC(=O)N(C)C(C)C(=O)c1ccc2c(c1)OCO2. The lowest BCUT2D eigenvalue weighted by Gasteiger charge is -2.23. The Labute approximate surface area is 139 Å². The van der Waals surface area contributed by atoms with Gasteiger partial charge in [0.25, 0.3) is 0 Å². The Hall–Kier alpha value is -2.77. The number of benzene rings is 1. The smallest absolute Gasteiger partial charge is 0.413 e. The average molecular weight is 337 g/mol. The second-order valence-electron chi connectivity index (χ2n) is 5.12. The van der Waals surface area contributed by atoms with Gasteiger partial charge in [0.15, 0.2) is 17.3 Å². The zero-order valence-corrected chi connectivity index (χ0v) is 13.7. The van der Waals surface area contributed by atoms with Crippen LogP contribution in [0, 0.1) is 0 Å². The normalized spacial score (nSPS) is 13.1. The van der Waals surface area contributed by atoms with E-state index in [4.69, 9.17) is 14.2 Å². The van der Waals surface area contributed by atoms with Gasteiger partial charge in [-0.05, 0) is 25.1 Å². The zero-order valence-electron chi connectivity index (χ0n) is 13.7. The number of likely N-dealkylation sites (N-methyl/N-ethyl adjacent to an activating group) is 1. The Morgan fingerprint density at radius 2 is 1.92 bits per heavy atom. The van der Waals surface area contributed by atoms with Gasteiger partial charge in [0.1, 0.15) is 0 Å². The van der Waals surface area contributed by atoms with Crippen LogP contribution in [0.25, 0.3) is 0 Å². The van der Waals surface area contributed by atoms with Crippen molar-refractivity contribution in [3.8, 4) is 11.5 Å². The second kappa shape index (κ2) is 7.67. The molecule has 0 radical (unpaired) electrons. The summed E-state index contributed by atoms with van der Waals surface area (Å²) in [6.45, 7) is 2.83. The van der Waals surface area contributed by atoms with Crippen LogP contribution in [-0.2, 0) is 14.3 Å². The fourth-order valence-corrected chi connectivity index (χ4v) is 1.97. The summed E-state index contributed by atoms with van der Waals surface area (Å²) >= 11 is 0. The van der Waals surface area contributed by atoms with Gasteiger partial charge in [-0.2, -0.15) is 0 Å². The minimum atomic E-state index is -0.764. The highest BCUT2D eigenvalue weighted by atomic mass is 16.7. The van der Waals surface area contributed by atoms with Crippen molar-refractivity contribution in [1.29, 1.82) is 0 Å². The summed E-state index contributed by atoms with van der Waals surface area (Å²) in [5.74, 6) is 0.308. The lowest BCUT2D eigenvalue weighted by Crippen LogP contribution is -2.41. The first kappa shape index (κ1) is 17.6. The molecule has 1 aliphatic rings. The molecular formula is C16H19NO7. The molecule has 0 bridgehead atoms. The van der Waals surface area contributed by atoms with E-state index in [1.54, 1.807) is 32.0 Å². The maximum absolute atomic E-state index is 12.5. The number of carbonyl (C=O) groups excluding carboxylic acids is 3. The number of carbonyl (C=O) groups is 3. The number of esters is 1. The van der Waals surface area contributed by atoms with Crippen molar-refractivity contribution in [2.24, 2.45) is 0 Å². The van der Waals surface area contributed by atoms with Crippen LogP contribution in [0.3, 0.4) is 0 Å². The first-order valence-electron chi connectivity index (χ1n) is 7.43. The van der Waals surface area contributed by atoms with Crippen LogP contribution >= 0.6 is 0 Å². The lowest BCUT2D eigenvalue weighted by atomic mass is 10.0. The van der Waals surface area contributed by atoms with E-state index in [0.29, 0.717) is 17.1 Å². The quantitative estimate of drug-likeness (QED) is 0.445. The molecule has 2 rings (SSSR count). The third-order valence-electron chi connectivity index (χ3n) is 3.60. The Bertz CT molecular complexity index is 643. The summed E-state index contributed by atoms with van der Waals surface area (Å²) in [6, 6.07) is 4.06. The Morgan fingerprint density at radius 1 is 1.21 bits per heavy atom. The van der Waals surface area contributed by atoms with Gasteiger partial charge in [-0.15, -0.1) is 0 Å². The molecule has 1 aromatic carbocycles. The number of ketones is 1. The number of fused-ring (bicyclic) bond motifs is 1. The van der Waals surface area contributed by atoms with Crippen LogP contribution in [0.2, 0.25) is 0 Å². The van der Waals surface area contributed by atoms with Gasteiger partial charge in [-0.25, -0.2) is 4.79 Å². The van der Waals surface area contributed by atoms with Crippen molar-refractivity contribution in [3.63, 3.8) is 0 Å². The molecule has 8 heteroatoms. The number of ether oxygens (including phenoxy) is 4. The minimum absolute atomic E-state index is 0.116. The summed E-state index contributed by atoms with van der Waals surface area (Å²) < 4.78 is 19.9. The number of nitrogens with zero attached hydrogens (tertiary/aromatic N) is 1. The van der Waals surface area contributed by atoms with E-state index in [1.165, 1.54) is 7.05 Å². The molecule has 0 saturated carbocycles. The molecule has 24 heavy (non-hydrogen) atoms. The van der Waals surface area contributed by atoms with Crippen LogP contribution in [0.4, 0.5) is 4.79 Å². The summed E-state index contributed by atoms with van der Waals surface area (Å²) in [5, 5.41) is 0. The Kier molecular flexibility index (Phi) is 5.62. The van der Waals surface area contributed by atoms with Gasteiger partial charge in [0.05, 0.1) is 6.04 Å². The van der Waals surface area contributed by atoms with Gasteiger partial charge in [-0.1, -0.05) is 6.92 Å². The zero-order chi connectivity index (χ0) is 17.7. The molecule has 130 valence electrons. The highest BCUT2D eigenvalue weighted by Gasteiger charge is 2.26. The van der Waals surface area contributed by atoms with E-state index < -0.39 is 24.9 Å². The molecule has 0 N–H and O–H groups in total. The van der Waals surface area contributed by atoms with E-state index >= 15 is 0 Å². The first-order valence-corrected chi connectivity index (χ1v) is 7.43. The van der Waals surface area contributed by atoms with Crippen molar-refractivity contribution < 1.29 is 33.3 Å². The molecular weight excluding hydrogens is 318 g/mol. The average Bonchev–Trinajstić information content (AvgIpc) is 3.06. The molecule has 1 aromatic rings. The molecule has 0 aromatic heterocycles. The van der Waals surface area contributed by atoms with Crippen LogP contribution in [0.1, 0.15) is 30.6 Å². The largest absolute Gasteiger partial charge is 0.454 e. The number of rotatable bonds is 6. The molecule has 1 heterocycles. The second-order valence-corrected chi connectivity index (χ2v) is 5.12. The molecule has 0 spiro atoms. The van der Waals surface area contributed by atoms with E-state index in [0.717, 1.165) is 4.90 Å². The molecule has 8 nitrogen and oxygen atoms in total. The number of amides is 1. The summed E-state index contributed by atoms with van der Waals surface area (Å²) in [7, 11) is 1.43. The van der Waals surface area contributed by atoms with Gasteiger partial charge in [0, 0.05) is 19.0 Å². The van der Waals surface area contributed by atoms with Crippen molar-refractivity contribution in [1.82, 2.24) is 4.90 Å². The van der Waals surface area contributed by atoms with Gasteiger partial charge >= 0.3 is 12.1 Å². The molecule has 1 aliphatic heterocycles. The number of hydrogen-bond acceptors (Lipinski definition) is 7. The third-order valence-corrected chi connectivity index (χ3v) is 3.60. The highest BCUT2D eigenvalue weighted by Crippen LogP contribution is 2.32.